The number of nitrogens with two attached hydrogens (primary N) is 1. The summed E-state index contributed by atoms with van der Waals surface area (Å²) in [7, 11) is -3.66. The molecule has 1 atom stereocenters. The first-order valence-electron chi connectivity index (χ1n) is 6.82. The number of hydrogen-bond acceptors (Lipinski definition) is 4. The van der Waals surface area contributed by atoms with E-state index in [0.717, 1.165) is 5.56 Å². The van der Waals surface area contributed by atoms with Crippen molar-refractivity contribution in [1.82, 2.24) is 4.31 Å². The number of rotatable bonds is 3. The fourth-order valence-electron chi connectivity index (χ4n) is 2.59. The lowest BCUT2D eigenvalue weighted by Crippen LogP contribution is -2.53. The molecule has 0 bridgehead atoms. The molecule has 2 N–H and O–H groups in total. The van der Waals surface area contributed by atoms with Crippen LogP contribution in [0.4, 0.5) is 0 Å². The minimum absolute atomic E-state index is 0.108. The molecule has 0 aliphatic carbocycles. The van der Waals surface area contributed by atoms with Crippen molar-refractivity contribution in [1.29, 1.82) is 0 Å². The topological polar surface area (TPSA) is 72.6 Å². The molecule has 1 fully saturated rings. The average Bonchev–Trinajstić information content (AvgIpc) is 2.36. The lowest BCUT2D eigenvalue weighted by molar-refractivity contribution is -0.109. The molecule has 2 rings (SSSR count). The Hall–Kier alpha value is -0.660. The zero-order valence-electron chi connectivity index (χ0n) is 12.5. The summed E-state index contributed by atoms with van der Waals surface area (Å²) in [6, 6.07) is 4.85. The van der Waals surface area contributed by atoms with E-state index < -0.39 is 15.6 Å². The van der Waals surface area contributed by atoms with E-state index in [2.05, 4.69) is 0 Å². The van der Waals surface area contributed by atoms with Crippen molar-refractivity contribution in [2.75, 3.05) is 13.1 Å². The van der Waals surface area contributed by atoms with Crippen LogP contribution in [0.25, 0.3) is 0 Å². The summed E-state index contributed by atoms with van der Waals surface area (Å²) in [6.07, 6.45) is -0.167. The summed E-state index contributed by atoms with van der Waals surface area (Å²) in [5.74, 6) is 0. The van der Waals surface area contributed by atoms with Gasteiger partial charge in [-0.05, 0) is 38.5 Å². The Labute approximate surface area is 131 Å². The Balaban J connectivity index is 2.42. The number of sulfonamides is 1. The van der Waals surface area contributed by atoms with Crippen LogP contribution in [0, 0.1) is 0 Å². The zero-order valence-corrected chi connectivity index (χ0v) is 14.0. The van der Waals surface area contributed by atoms with Gasteiger partial charge in [0.05, 0.1) is 16.7 Å². The Morgan fingerprint density at radius 1 is 1.48 bits per heavy atom. The van der Waals surface area contributed by atoms with Gasteiger partial charge in [0.15, 0.2) is 0 Å². The smallest absolute Gasteiger partial charge is 0.244 e. The Kier molecular flexibility index (Phi) is 4.66. The predicted molar refractivity (Wildman–Crippen MR) is 82.7 cm³/mol. The van der Waals surface area contributed by atoms with Gasteiger partial charge >= 0.3 is 0 Å². The molecule has 1 aliphatic rings. The minimum Gasteiger partial charge on any atom is -0.370 e. The average molecular weight is 333 g/mol. The maximum atomic E-state index is 12.9. The quantitative estimate of drug-likeness (QED) is 0.918. The maximum Gasteiger partial charge on any atom is 0.244 e. The molecule has 21 heavy (non-hydrogen) atoms. The molecule has 0 aromatic heterocycles. The van der Waals surface area contributed by atoms with Gasteiger partial charge in [-0.25, -0.2) is 8.42 Å². The monoisotopic (exact) mass is 332 g/mol. The van der Waals surface area contributed by atoms with Gasteiger partial charge in [-0.3, -0.25) is 0 Å². The normalized spacial score (nSPS) is 23.2. The van der Waals surface area contributed by atoms with Gasteiger partial charge in [0.25, 0.3) is 0 Å². The third kappa shape index (κ3) is 3.57. The standard InChI is InChI=1S/C14H21ClN2O3S/c1-10-8-17(9-14(2,3)20-10)21(18,19)13-6-11(7-16)4-5-12(13)15/h4-6,10H,7-9,16H2,1-3H3. The summed E-state index contributed by atoms with van der Waals surface area (Å²) in [5.41, 5.74) is 5.79. The van der Waals surface area contributed by atoms with E-state index in [0.29, 0.717) is 13.1 Å². The number of benzene rings is 1. The van der Waals surface area contributed by atoms with E-state index in [1.54, 1.807) is 18.2 Å². The van der Waals surface area contributed by atoms with Gasteiger partial charge in [0, 0.05) is 19.6 Å². The summed E-state index contributed by atoms with van der Waals surface area (Å²) in [5, 5.41) is 0.212. The molecule has 0 amide bonds. The molecule has 118 valence electrons. The highest BCUT2D eigenvalue weighted by Gasteiger charge is 2.38. The molecule has 1 saturated heterocycles. The van der Waals surface area contributed by atoms with Gasteiger partial charge in [0.1, 0.15) is 4.90 Å². The van der Waals surface area contributed by atoms with Crippen LogP contribution in [-0.2, 0) is 21.3 Å². The van der Waals surface area contributed by atoms with E-state index in [9.17, 15) is 8.42 Å². The van der Waals surface area contributed by atoms with Crippen molar-refractivity contribution < 1.29 is 13.2 Å². The Morgan fingerprint density at radius 2 is 2.14 bits per heavy atom. The second kappa shape index (κ2) is 5.85. The molecule has 0 spiro atoms. The number of ether oxygens (including phenoxy) is 1. The molecule has 0 saturated carbocycles. The van der Waals surface area contributed by atoms with Crippen LogP contribution in [0.3, 0.4) is 0 Å². The third-order valence-electron chi connectivity index (χ3n) is 3.39. The molecule has 7 heteroatoms. The van der Waals surface area contributed by atoms with Crippen molar-refractivity contribution in [2.45, 2.75) is 43.9 Å². The van der Waals surface area contributed by atoms with Gasteiger partial charge in [-0.1, -0.05) is 17.7 Å². The van der Waals surface area contributed by atoms with Crippen molar-refractivity contribution in [3.05, 3.63) is 28.8 Å². The Bertz CT molecular complexity index is 631. The SMILES string of the molecule is CC1CN(S(=O)(=O)c2cc(CN)ccc2Cl)CC(C)(C)O1. The van der Waals surface area contributed by atoms with E-state index in [-0.39, 0.29) is 22.6 Å². The van der Waals surface area contributed by atoms with Crippen LogP contribution >= 0.6 is 11.6 Å². The molecular formula is C14H21ClN2O3S. The molecule has 1 aliphatic heterocycles. The van der Waals surface area contributed by atoms with Crippen LogP contribution in [0.15, 0.2) is 23.1 Å². The maximum absolute atomic E-state index is 12.9. The van der Waals surface area contributed by atoms with Crippen LogP contribution in [-0.4, -0.2) is 37.5 Å². The molecule has 1 aromatic rings. The van der Waals surface area contributed by atoms with Gasteiger partial charge < -0.3 is 10.5 Å². The highest BCUT2D eigenvalue weighted by atomic mass is 35.5. The highest BCUT2D eigenvalue weighted by Crippen LogP contribution is 2.30. The number of morpholine rings is 1. The second-order valence-corrected chi connectivity index (χ2v) is 8.27. The molecule has 0 radical (unpaired) electrons. The third-order valence-corrected chi connectivity index (χ3v) is 5.68. The fraction of sp³-hybridized carbons (Fsp3) is 0.571. The number of hydrogen-bond donors (Lipinski definition) is 1. The first-order chi connectivity index (χ1) is 9.65. The molecule has 1 heterocycles. The lowest BCUT2D eigenvalue weighted by Gasteiger charge is -2.41. The van der Waals surface area contributed by atoms with E-state index in [1.807, 2.05) is 20.8 Å². The highest BCUT2D eigenvalue weighted by molar-refractivity contribution is 7.89. The summed E-state index contributed by atoms with van der Waals surface area (Å²) in [6.45, 7) is 6.50. The van der Waals surface area contributed by atoms with Gasteiger partial charge in [-0.15, -0.1) is 0 Å². The van der Waals surface area contributed by atoms with Gasteiger partial charge in [0.2, 0.25) is 10.0 Å². The number of nitrogens with zero attached hydrogens (tertiary/aromatic N) is 1. The Morgan fingerprint density at radius 3 is 2.71 bits per heavy atom. The molecular weight excluding hydrogens is 312 g/mol. The molecule has 5 nitrogen and oxygen atoms in total. The summed E-state index contributed by atoms with van der Waals surface area (Å²) in [4.78, 5) is 0.108. The largest absolute Gasteiger partial charge is 0.370 e. The van der Waals surface area contributed by atoms with Crippen molar-refractivity contribution in [3.63, 3.8) is 0 Å². The molecule has 1 unspecified atom stereocenters. The van der Waals surface area contributed by atoms with E-state index >= 15 is 0 Å². The van der Waals surface area contributed by atoms with Crippen molar-refractivity contribution in [3.8, 4) is 0 Å². The van der Waals surface area contributed by atoms with Crippen LogP contribution in [0.5, 0.6) is 0 Å². The van der Waals surface area contributed by atoms with Crippen molar-refractivity contribution >= 4 is 21.6 Å². The van der Waals surface area contributed by atoms with Gasteiger partial charge in [-0.2, -0.15) is 4.31 Å². The van der Waals surface area contributed by atoms with Crippen LogP contribution in [0.1, 0.15) is 26.3 Å². The molecule has 1 aromatic carbocycles. The minimum atomic E-state index is -3.66. The van der Waals surface area contributed by atoms with Crippen molar-refractivity contribution in [2.24, 2.45) is 5.73 Å². The van der Waals surface area contributed by atoms with Crippen LogP contribution < -0.4 is 5.73 Å². The summed E-state index contributed by atoms with van der Waals surface area (Å²) < 4.78 is 32.9. The first kappa shape index (κ1) is 16.7. The predicted octanol–water partition coefficient (Wildman–Crippen LogP) is 1.99. The van der Waals surface area contributed by atoms with E-state index in [4.69, 9.17) is 22.1 Å². The first-order valence-corrected chi connectivity index (χ1v) is 8.64. The lowest BCUT2D eigenvalue weighted by atomic mass is 10.1. The zero-order chi connectivity index (χ0) is 15.8. The second-order valence-electron chi connectivity index (χ2n) is 5.95. The summed E-state index contributed by atoms with van der Waals surface area (Å²) >= 11 is 6.09. The fourth-order valence-corrected chi connectivity index (χ4v) is 4.78. The van der Waals surface area contributed by atoms with E-state index in [1.165, 1.54) is 4.31 Å². The van der Waals surface area contributed by atoms with Crippen LogP contribution in [0.2, 0.25) is 5.02 Å². The number of halogens is 1.